The Bertz CT molecular complexity index is 796. The number of hydrogen-bond acceptors (Lipinski definition) is 4. The highest BCUT2D eigenvalue weighted by atomic mass is 32.2. The van der Waals surface area contributed by atoms with E-state index < -0.39 is 10.0 Å². The van der Waals surface area contributed by atoms with Gasteiger partial charge in [0.1, 0.15) is 5.82 Å². The third kappa shape index (κ3) is 5.16. The van der Waals surface area contributed by atoms with Crippen molar-refractivity contribution in [1.29, 1.82) is 5.26 Å². The van der Waals surface area contributed by atoms with Crippen LogP contribution < -0.4 is 10.6 Å². The number of benzene rings is 1. The van der Waals surface area contributed by atoms with Gasteiger partial charge in [-0.25, -0.2) is 17.1 Å². The van der Waals surface area contributed by atoms with Gasteiger partial charge >= 0.3 is 0 Å². The summed E-state index contributed by atoms with van der Waals surface area (Å²) in [6.07, 6.45) is 1.36. The molecule has 2 N–H and O–H groups in total. The number of aliphatic imine (C=N–C) groups is 1. The maximum atomic E-state index is 13.8. The highest BCUT2D eigenvalue weighted by Gasteiger charge is 2.27. The first-order valence-electron chi connectivity index (χ1n) is 8.53. The van der Waals surface area contributed by atoms with Crippen LogP contribution in [0.2, 0.25) is 0 Å². The molecule has 2 rings (SSSR count). The van der Waals surface area contributed by atoms with Crippen molar-refractivity contribution >= 4 is 16.0 Å². The third-order valence-corrected chi connectivity index (χ3v) is 6.28. The fourth-order valence-corrected chi connectivity index (χ4v) is 3.94. The van der Waals surface area contributed by atoms with E-state index in [1.54, 1.807) is 14.0 Å². The van der Waals surface area contributed by atoms with Crippen LogP contribution in [0.4, 0.5) is 4.39 Å². The number of nitriles is 1. The van der Waals surface area contributed by atoms with E-state index in [-0.39, 0.29) is 24.2 Å². The van der Waals surface area contributed by atoms with Gasteiger partial charge in [0, 0.05) is 38.3 Å². The van der Waals surface area contributed by atoms with Crippen molar-refractivity contribution < 1.29 is 12.8 Å². The second-order valence-corrected chi connectivity index (χ2v) is 8.32. The van der Waals surface area contributed by atoms with Gasteiger partial charge in [-0.05, 0) is 38.0 Å². The molecule has 0 spiro atoms. The zero-order chi connectivity index (χ0) is 19.2. The maximum Gasteiger partial charge on any atom is 0.213 e. The number of nitrogens with zero attached hydrogens (tertiary/aromatic N) is 3. The Kier molecular flexibility index (Phi) is 6.94. The quantitative estimate of drug-likeness (QED) is 0.590. The van der Waals surface area contributed by atoms with Gasteiger partial charge < -0.3 is 10.6 Å². The van der Waals surface area contributed by atoms with E-state index >= 15 is 0 Å². The Hall–Kier alpha value is -2.18. The number of sulfonamides is 1. The minimum atomic E-state index is -3.14. The summed E-state index contributed by atoms with van der Waals surface area (Å²) in [7, 11) is -1.53. The second kappa shape index (κ2) is 8.96. The molecule has 0 radical (unpaired) electrons. The van der Waals surface area contributed by atoms with E-state index in [4.69, 9.17) is 5.26 Å². The predicted octanol–water partition coefficient (Wildman–Crippen LogP) is 1.18. The molecular weight excluding hydrogens is 357 g/mol. The topological polar surface area (TPSA) is 97.6 Å². The first kappa shape index (κ1) is 20.1. The third-order valence-electron chi connectivity index (χ3n) is 4.40. The first-order valence-corrected chi connectivity index (χ1v) is 10.1. The van der Waals surface area contributed by atoms with E-state index in [9.17, 15) is 12.8 Å². The molecule has 1 fully saturated rings. The molecule has 0 bridgehead atoms. The normalized spacial score (nSPS) is 16.9. The summed E-state index contributed by atoms with van der Waals surface area (Å²) in [5.74, 6) is 0.246. The Morgan fingerprint density at radius 1 is 1.42 bits per heavy atom. The number of guanidine groups is 1. The van der Waals surface area contributed by atoms with E-state index in [1.165, 1.54) is 22.5 Å². The summed E-state index contributed by atoms with van der Waals surface area (Å²) >= 11 is 0. The molecule has 1 saturated heterocycles. The molecule has 7 nitrogen and oxygen atoms in total. The average molecular weight is 381 g/mol. The highest BCUT2D eigenvalue weighted by molar-refractivity contribution is 7.89. The zero-order valence-corrected chi connectivity index (χ0v) is 15.8. The van der Waals surface area contributed by atoms with Crippen LogP contribution in [-0.4, -0.2) is 50.6 Å². The van der Waals surface area contributed by atoms with Crippen LogP contribution in [0.3, 0.4) is 0 Å². The van der Waals surface area contributed by atoms with E-state index in [2.05, 4.69) is 15.6 Å². The van der Waals surface area contributed by atoms with E-state index in [1.807, 2.05) is 6.07 Å². The zero-order valence-electron chi connectivity index (χ0n) is 15.0. The summed E-state index contributed by atoms with van der Waals surface area (Å²) in [6.45, 7) is 2.79. The first-order chi connectivity index (χ1) is 12.4. The molecular formula is C17H24FN5O2S. The Morgan fingerprint density at radius 2 is 2.12 bits per heavy atom. The molecule has 0 aromatic heterocycles. The molecule has 1 aliphatic heterocycles. The molecule has 1 heterocycles. The molecule has 142 valence electrons. The Morgan fingerprint density at radius 3 is 2.69 bits per heavy atom. The smallest absolute Gasteiger partial charge is 0.213 e. The Balaban J connectivity index is 1.89. The van der Waals surface area contributed by atoms with Gasteiger partial charge in [-0.15, -0.1) is 0 Å². The van der Waals surface area contributed by atoms with Crippen molar-refractivity contribution in [2.75, 3.05) is 25.9 Å². The summed E-state index contributed by atoms with van der Waals surface area (Å²) in [6, 6.07) is 6.30. The second-order valence-electron chi connectivity index (χ2n) is 6.06. The number of rotatable bonds is 5. The van der Waals surface area contributed by atoms with Crippen LogP contribution in [0, 0.1) is 17.1 Å². The van der Waals surface area contributed by atoms with Crippen molar-refractivity contribution in [2.45, 2.75) is 32.4 Å². The van der Waals surface area contributed by atoms with E-state index in [0.29, 0.717) is 43.0 Å². The number of halogens is 1. The van der Waals surface area contributed by atoms with Crippen LogP contribution in [0.1, 0.15) is 30.9 Å². The summed E-state index contributed by atoms with van der Waals surface area (Å²) in [5, 5.41) is 15.2. The van der Waals surface area contributed by atoms with Gasteiger partial charge in [0.25, 0.3) is 0 Å². The predicted molar refractivity (Wildman–Crippen MR) is 98.5 cm³/mol. The van der Waals surface area contributed by atoms with Gasteiger partial charge in [0.2, 0.25) is 10.0 Å². The highest BCUT2D eigenvalue weighted by Crippen LogP contribution is 2.14. The molecule has 1 aromatic carbocycles. The van der Waals surface area contributed by atoms with Crippen molar-refractivity contribution in [1.82, 2.24) is 14.9 Å². The lowest BCUT2D eigenvalue weighted by Gasteiger charge is -2.32. The van der Waals surface area contributed by atoms with E-state index in [0.717, 1.165) is 0 Å². The molecule has 0 unspecified atom stereocenters. The van der Waals surface area contributed by atoms with Crippen LogP contribution in [0.5, 0.6) is 0 Å². The summed E-state index contributed by atoms with van der Waals surface area (Å²) in [5.41, 5.74) is 0.784. The van der Waals surface area contributed by atoms with Gasteiger partial charge in [-0.2, -0.15) is 5.26 Å². The minimum Gasteiger partial charge on any atom is -0.354 e. The largest absolute Gasteiger partial charge is 0.354 e. The molecule has 0 saturated carbocycles. The molecule has 9 heteroatoms. The van der Waals surface area contributed by atoms with Crippen molar-refractivity contribution in [3.63, 3.8) is 0 Å². The lowest BCUT2D eigenvalue weighted by Crippen LogP contribution is -2.49. The molecule has 0 aliphatic carbocycles. The van der Waals surface area contributed by atoms with Crippen molar-refractivity contribution in [2.24, 2.45) is 4.99 Å². The van der Waals surface area contributed by atoms with Gasteiger partial charge in [0.05, 0.1) is 17.4 Å². The molecule has 0 atom stereocenters. The van der Waals surface area contributed by atoms with Crippen molar-refractivity contribution in [3.8, 4) is 6.07 Å². The number of hydrogen-bond donors (Lipinski definition) is 2. The molecule has 26 heavy (non-hydrogen) atoms. The maximum absolute atomic E-state index is 13.8. The van der Waals surface area contributed by atoms with Crippen LogP contribution in [0.15, 0.2) is 23.2 Å². The number of piperidine rings is 1. The van der Waals surface area contributed by atoms with Gasteiger partial charge in [-0.1, -0.05) is 0 Å². The van der Waals surface area contributed by atoms with Crippen LogP contribution in [-0.2, 0) is 16.6 Å². The molecule has 0 amide bonds. The minimum absolute atomic E-state index is 0.0970. The standard InChI is InChI=1S/C17H24FN5O2S/c1-3-26(24,25)23-8-6-15(7-9-23)22-17(20-2)21-12-14-10-13(11-19)4-5-16(14)18/h4-5,10,15H,3,6-9,12H2,1-2H3,(H2,20,21,22). The summed E-state index contributed by atoms with van der Waals surface area (Å²) < 4.78 is 39.1. The lowest BCUT2D eigenvalue weighted by molar-refractivity contribution is 0.306. The van der Waals surface area contributed by atoms with Gasteiger partial charge in [-0.3, -0.25) is 4.99 Å². The van der Waals surface area contributed by atoms with Crippen LogP contribution in [0.25, 0.3) is 0 Å². The molecule has 1 aliphatic rings. The average Bonchev–Trinajstić information content (AvgIpc) is 2.66. The Labute approximate surface area is 154 Å². The molecule has 1 aromatic rings. The summed E-state index contributed by atoms with van der Waals surface area (Å²) in [4.78, 5) is 4.13. The van der Waals surface area contributed by atoms with Crippen molar-refractivity contribution in [3.05, 3.63) is 35.1 Å². The van der Waals surface area contributed by atoms with Gasteiger partial charge in [0.15, 0.2) is 5.96 Å². The fourth-order valence-electron chi connectivity index (χ4n) is 2.81. The SMILES string of the molecule is CCS(=O)(=O)N1CCC(NC(=NC)NCc2cc(C#N)ccc2F)CC1. The van der Waals surface area contributed by atoms with Crippen LogP contribution >= 0.6 is 0 Å². The monoisotopic (exact) mass is 381 g/mol. The lowest BCUT2D eigenvalue weighted by atomic mass is 10.1. The number of nitrogens with one attached hydrogen (secondary N) is 2. The fraction of sp³-hybridized carbons (Fsp3) is 0.529.